The minimum absolute atomic E-state index is 0.128. The summed E-state index contributed by atoms with van der Waals surface area (Å²) in [6, 6.07) is 17.0. The fraction of sp³-hybridized carbons (Fsp3) is 0.184. The maximum absolute atomic E-state index is 13.2. The van der Waals surface area contributed by atoms with Crippen LogP contribution in [0.25, 0.3) is 68.8 Å². The number of aromatic amines is 2. The molecule has 6 nitrogen and oxygen atoms in total. The summed E-state index contributed by atoms with van der Waals surface area (Å²) in [5, 5.41) is 0. The average Bonchev–Trinajstić information content (AvgIpc) is 3.75. The summed E-state index contributed by atoms with van der Waals surface area (Å²) >= 11 is 0. The summed E-state index contributed by atoms with van der Waals surface area (Å²) in [5.41, 5.74) is 17.3. The van der Waals surface area contributed by atoms with E-state index in [9.17, 15) is 4.79 Å². The fourth-order valence-corrected chi connectivity index (χ4v) is 7.02. The Kier molecular flexibility index (Phi) is 6.39. The van der Waals surface area contributed by atoms with Crippen LogP contribution in [0, 0.1) is 41.5 Å². The molecule has 0 fully saturated rings. The molecule has 0 saturated heterocycles. The fourth-order valence-electron chi connectivity index (χ4n) is 7.02. The van der Waals surface area contributed by atoms with E-state index in [2.05, 4.69) is 100 Å². The molecule has 6 heteroatoms. The molecule has 3 aromatic heterocycles. The van der Waals surface area contributed by atoms with Gasteiger partial charge in [0.05, 0.1) is 22.6 Å². The van der Waals surface area contributed by atoms with Gasteiger partial charge in [0.1, 0.15) is 11.5 Å². The van der Waals surface area contributed by atoms with Crippen molar-refractivity contribution in [2.45, 2.75) is 48.5 Å². The number of nitrogens with zero attached hydrogens (tertiary/aromatic N) is 3. The van der Waals surface area contributed by atoms with Gasteiger partial charge < -0.3 is 9.97 Å². The van der Waals surface area contributed by atoms with Gasteiger partial charge in [-0.3, -0.25) is 4.79 Å². The van der Waals surface area contributed by atoms with Gasteiger partial charge in [-0.05, 0) is 123 Å². The molecule has 2 aliphatic heterocycles. The molecule has 7 rings (SSSR count). The number of aromatic nitrogens is 5. The number of carbonyl (C=O) groups is 1. The number of aryl methyl sites for hydroxylation is 6. The molecule has 0 aliphatic carbocycles. The first-order chi connectivity index (χ1) is 21.1. The van der Waals surface area contributed by atoms with Gasteiger partial charge in [-0.2, -0.15) is 0 Å². The van der Waals surface area contributed by atoms with Crippen LogP contribution in [0.5, 0.6) is 0 Å². The van der Waals surface area contributed by atoms with Crippen molar-refractivity contribution >= 4 is 52.4 Å². The van der Waals surface area contributed by atoms with E-state index in [0.29, 0.717) is 11.5 Å². The molecule has 0 amide bonds. The number of hydrogen-bond donors (Lipinski definition) is 2. The Morgan fingerprint density at radius 1 is 0.568 bits per heavy atom. The Labute approximate surface area is 256 Å². The van der Waals surface area contributed by atoms with E-state index in [1.54, 1.807) is 11.5 Å². The quantitative estimate of drug-likeness (QED) is 0.215. The third-order valence-electron chi connectivity index (χ3n) is 8.59. The van der Waals surface area contributed by atoms with Gasteiger partial charge in [-0.25, -0.2) is 14.5 Å². The van der Waals surface area contributed by atoms with Crippen LogP contribution < -0.4 is 0 Å². The number of carbonyl (C=O) groups excluding carboxylic acids is 1. The standard InChI is InChI=1S/C38H35N5O/c1-20-16-22(3)35(23(4)17-20)37-29-10-8-27(39-29)28-9-11-30(40-28)38(36-24(5)18-21(2)19-25(36)6)32-13-15-34(42-32)43(26(7)44)33-14-12-31(37)41-33/h8-19,39,42H,1-7H3. The third-order valence-corrected chi connectivity index (χ3v) is 8.59. The van der Waals surface area contributed by atoms with Gasteiger partial charge in [0.25, 0.3) is 0 Å². The van der Waals surface area contributed by atoms with E-state index < -0.39 is 0 Å². The predicted octanol–water partition coefficient (Wildman–Crippen LogP) is 9.30. The van der Waals surface area contributed by atoms with E-state index >= 15 is 0 Å². The summed E-state index contributed by atoms with van der Waals surface area (Å²) in [5.74, 6) is 0.441. The van der Waals surface area contributed by atoms with Crippen molar-refractivity contribution in [3.63, 3.8) is 0 Å². The number of fused-ring (bicyclic) bond motifs is 9. The number of rotatable bonds is 2. The van der Waals surface area contributed by atoms with Crippen LogP contribution in [-0.4, -0.2) is 30.4 Å². The number of H-pyrrole nitrogens is 2. The number of nitrogens with one attached hydrogen (secondary N) is 2. The summed E-state index contributed by atoms with van der Waals surface area (Å²) < 4.78 is 1.65. The highest BCUT2D eigenvalue weighted by Crippen LogP contribution is 2.38. The van der Waals surface area contributed by atoms with Crippen LogP contribution in [0.1, 0.15) is 68.0 Å². The first-order valence-corrected chi connectivity index (χ1v) is 15.0. The molecular formula is C38H35N5O. The Morgan fingerprint density at radius 2 is 1.05 bits per heavy atom. The first kappa shape index (κ1) is 27.6. The van der Waals surface area contributed by atoms with E-state index in [1.165, 1.54) is 33.4 Å². The van der Waals surface area contributed by atoms with Crippen LogP contribution in [0.3, 0.4) is 0 Å². The van der Waals surface area contributed by atoms with Crippen molar-refractivity contribution in [2.24, 2.45) is 0 Å². The van der Waals surface area contributed by atoms with Gasteiger partial charge in [-0.1, -0.05) is 35.4 Å². The maximum atomic E-state index is 13.2. The Morgan fingerprint density at radius 3 is 1.64 bits per heavy atom. The van der Waals surface area contributed by atoms with Gasteiger partial charge in [0.2, 0.25) is 5.91 Å². The van der Waals surface area contributed by atoms with E-state index in [4.69, 9.17) is 9.97 Å². The lowest BCUT2D eigenvalue weighted by atomic mass is 9.92. The molecule has 0 radical (unpaired) electrons. The SMILES string of the molecule is CC(=O)n1c2nc(c(-c3c(C)cc(C)cc3C)c3ccc([nH]3)c3nc(c(-c4c(C)cc(C)cc4C)c4ccc1[nH]4)C=C3)C=C2. The second-order valence-corrected chi connectivity index (χ2v) is 12.1. The Hall–Kier alpha value is -5.23. The topological polar surface area (TPSA) is 79.4 Å². The average molecular weight is 578 g/mol. The van der Waals surface area contributed by atoms with Crippen molar-refractivity contribution in [3.05, 3.63) is 105 Å². The van der Waals surface area contributed by atoms with Gasteiger partial charge in [0.15, 0.2) is 0 Å². The number of benzene rings is 2. The molecular weight excluding hydrogens is 542 g/mol. The van der Waals surface area contributed by atoms with Crippen molar-refractivity contribution in [1.82, 2.24) is 24.5 Å². The van der Waals surface area contributed by atoms with E-state index in [1.807, 2.05) is 24.3 Å². The highest BCUT2D eigenvalue weighted by molar-refractivity contribution is 5.97. The maximum Gasteiger partial charge on any atom is 0.230 e. The minimum Gasteiger partial charge on any atom is -0.353 e. The zero-order chi connectivity index (χ0) is 30.9. The largest absolute Gasteiger partial charge is 0.353 e. The molecule has 0 saturated carbocycles. The van der Waals surface area contributed by atoms with Crippen molar-refractivity contribution < 1.29 is 4.79 Å². The predicted molar refractivity (Wildman–Crippen MR) is 182 cm³/mol. The molecule has 5 aromatic rings. The Balaban J connectivity index is 1.69. The molecule has 44 heavy (non-hydrogen) atoms. The smallest absolute Gasteiger partial charge is 0.230 e. The molecule has 2 aliphatic rings. The van der Waals surface area contributed by atoms with Crippen molar-refractivity contribution in [1.29, 1.82) is 0 Å². The molecule has 2 aromatic carbocycles. The molecule has 0 unspecified atom stereocenters. The highest BCUT2D eigenvalue weighted by Gasteiger charge is 2.20. The van der Waals surface area contributed by atoms with Crippen LogP contribution in [0.4, 0.5) is 0 Å². The molecule has 218 valence electrons. The zero-order valence-corrected chi connectivity index (χ0v) is 26.2. The van der Waals surface area contributed by atoms with Crippen molar-refractivity contribution in [2.75, 3.05) is 0 Å². The molecule has 0 atom stereocenters. The van der Waals surface area contributed by atoms with Crippen LogP contribution in [0.15, 0.2) is 48.5 Å². The number of hydrogen-bond acceptors (Lipinski definition) is 3. The summed E-state index contributed by atoms with van der Waals surface area (Å²) in [6.45, 7) is 14.4. The molecule has 0 spiro atoms. The summed E-state index contributed by atoms with van der Waals surface area (Å²) in [7, 11) is 0. The molecule has 5 heterocycles. The lowest BCUT2D eigenvalue weighted by molar-refractivity contribution is 0.0939. The van der Waals surface area contributed by atoms with Gasteiger partial charge >= 0.3 is 0 Å². The second kappa shape index (κ2) is 10.2. The summed E-state index contributed by atoms with van der Waals surface area (Å²) in [6.07, 6.45) is 8.09. The van der Waals surface area contributed by atoms with Gasteiger partial charge in [-0.15, -0.1) is 0 Å². The zero-order valence-electron chi connectivity index (χ0n) is 26.2. The highest BCUT2D eigenvalue weighted by atomic mass is 16.1. The van der Waals surface area contributed by atoms with Gasteiger partial charge in [0, 0.05) is 29.1 Å². The third kappa shape index (κ3) is 4.45. The normalized spacial score (nSPS) is 12.3. The lowest BCUT2D eigenvalue weighted by Crippen LogP contribution is -2.10. The first-order valence-electron chi connectivity index (χ1n) is 15.0. The van der Waals surface area contributed by atoms with Crippen LogP contribution in [-0.2, 0) is 0 Å². The second-order valence-electron chi connectivity index (χ2n) is 12.1. The van der Waals surface area contributed by atoms with Crippen LogP contribution >= 0.6 is 0 Å². The van der Waals surface area contributed by atoms with Crippen LogP contribution in [0.2, 0.25) is 0 Å². The molecule has 8 bridgehead atoms. The monoisotopic (exact) mass is 577 g/mol. The van der Waals surface area contributed by atoms with E-state index in [-0.39, 0.29) is 5.91 Å². The summed E-state index contributed by atoms with van der Waals surface area (Å²) in [4.78, 5) is 30.7. The molecule has 2 N–H and O–H groups in total. The Bertz CT molecular complexity index is 2220. The van der Waals surface area contributed by atoms with Crippen molar-refractivity contribution in [3.8, 4) is 22.3 Å². The lowest BCUT2D eigenvalue weighted by Gasteiger charge is -2.13. The van der Waals surface area contributed by atoms with E-state index in [0.717, 1.165) is 55.9 Å². The minimum atomic E-state index is -0.128.